The first kappa shape index (κ1) is 13.6. The van der Waals surface area contributed by atoms with Gasteiger partial charge in [0.25, 0.3) is 0 Å². The topological polar surface area (TPSA) is 67.5 Å². The van der Waals surface area contributed by atoms with Crippen molar-refractivity contribution < 1.29 is 19.2 Å². The molecule has 1 aromatic carbocycles. The summed E-state index contributed by atoms with van der Waals surface area (Å²) in [4.78, 5) is 0. The van der Waals surface area contributed by atoms with Crippen LogP contribution in [0.3, 0.4) is 0 Å². The summed E-state index contributed by atoms with van der Waals surface area (Å²) in [5.74, 6) is -0.277. The lowest BCUT2D eigenvalue weighted by molar-refractivity contribution is 0.318. The van der Waals surface area contributed by atoms with Gasteiger partial charge in [-0.1, -0.05) is 0 Å². The molecule has 0 amide bonds. The van der Waals surface area contributed by atoms with E-state index in [0.29, 0.717) is 13.0 Å². The third kappa shape index (κ3) is 3.33. The van der Waals surface area contributed by atoms with Crippen LogP contribution in [0.4, 0.5) is 4.39 Å². The normalized spacial score (nSPS) is 10.5. The fraction of sp³-hybridized carbons (Fsp3) is 0.250. The van der Waals surface area contributed by atoms with Gasteiger partial charge in [0.05, 0.1) is 6.61 Å². The van der Waals surface area contributed by atoms with Gasteiger partial charge in [-0.2, -0.15) is 5.10 Å². The molecule has 2 N–H and O–H groups in total. The molecule has 1 heterocycles. The molecule has 0 aliphatic carbocycles. The zero-order valence-corrected chi connectivity index (χ0v) is 10.5. The van der Waals surface area contributed by atoms with Gasteiger partial charge in [0, 0.05) is 30.8 Å². The molecule has 0 aliphatic rings. The molecule has 0 fully saturated rings. The van der Waals surface area contributed by atoms with Crippen LogP contribution in [0.2, 0.25) is 0 Å². The highest BCUT2D eigenvalue weighted by atomic mass is 19.1. The maximum Gasteiger partial charge on any atom is 0.492 e. The van der Waals surface area contributed by atoms with Gasteiger partial charge in [0.15, 0.2) is 0 Å². The van der Waals surface area contributed by atoms with Crippen molar-refractivity contribution in [3.05, 3.63) is 42.0 Å². The Morgan fingerprint density at radius 2 is 2.16 bits per heavy atom. The lowest BCUT2D eigenvalue weighted by Gasteiger charge is -2.11. The quantitative estimate of drug-likeness (QED) is 0.738. The van der Waals surface area contributed by atoms with Crippen LogP contribution in [-0.4, -0.2) is 33.6 Å². The van der Waals surface area contributed by atoms with Crippen molar-refractivity contribution in [3.63, 3.8) is 0 Å². The van der Waals surface area contributed by atoms with Gasteiger partial charge in [0.2, 0.25) is 0 Å². The number of hydrogen-bond acceptors (Lipinski definition) is 4. The molecule has 2 rings (SSSR count). The second-order valence-corrected chi connectivity index (χ2v) is 4.10. The van der Waals surface area contributed by atoms with Crippen LogP contribution >= 0.6 is 0 Å². The van der Waals surface area contributed by atoms with Crippen molar-refractivity contribution in [1.82, 2.24) is 9.78 Å². The van der Waals surface area contributed by atoms with E-state index in [-0.39, 0.29) is 11.2 Å². The first-order valence-corrected chi connectivity index (χ1v) is 5.83. The summed E-state index contributed by atoms with van der Waals surface area (Å²) >= 11 is 0. The maximum absolute atomic E-state index is 13.0. The number of hydrogen-bond donors (Lipinski definition) is 2. The highest BCUT2D eigenvalue weighted by Gasteiger charge is 2.18. The van der Waals surface area contributed by atoms with E-state index in [4.69, 9.17) is 14.8 Å². The average Bonchev–Trinajstić information content (AvgIpc) is 2.77. The monoisotopic (exact) mass is 264 g/mol. The van der Waals surface area contributed by atoms with Gasteiger partial charge in [-0.3, -0.25) is 4.68 Å². The summed E-state index contributed by atoms with van der Waals surface area (Å²) in [6.45, 7) is 0.338. The van der Waals surface area contributed by atoms with E-state index in [9.17, 15) is 4.39 Å². The van der Waals surface area contributed by atoms with Crippen LogP contribution < -0.4 is 10.2 Å². The Kier molecular flexibility index (Phi) is 4.18. The number of aryl methyl sites for hydroxylation is 1. The third-order valence-electron chi connectivity index (χ3n) is 2.79. The molecule has 7 heteroatoms. The molecular formula is C12H14BFN2O3. The van der Waals surface area contributed by atoms with Crippen molar-refractivity contribution >= 4 is 12.6 Å². The highest BCUT2D eigenvalue weighted by molar-refractivity contribution is 6.59. The Hall–Kier alpha value is -1.86. The molecule has 0 aliphatic heterocycles. The molecule has 1 aromatic heterocycles. The number of benzene rings is 1. The molecular weight excluding hydrogens is 250 g/mol. The Bertz CT molecular complexity index is 560. The summed E-state index contributed by atoms with van der Waals surface area (Å²) in [6.07, 6.45) is 2.31. The predicted molar refractivity (Wildman–Crippen MR) is 68.6 cm³/mol. The number of halogens is 1. The van der Waals surface area contributed by atoms with E-state index in [1.807, 2.05) is 13.1 Å². The van der Waals surface area contributed by atoms with E-state index in [1.54, 1.807) is 10.9 Å². The molecule has 5 nitrogen and oxygen atoms in total. The minimum atomic E-state index is -1.76. The van der Waals surface area contributed by atoms with Crippen molar-refractivity contribution in [2.75, 3.05) is 6.61 Å². The molecule has 0 saturated carbocycles. The van der Waals surface area contributed by atoms with Gasteiger partial charge in [-0.25, -0.2) is 4.39 Å². The van der Waals surface area contributed by atoms with Crippen LogP contribution in [0, 0.1) is 5.82 Å². The molecule has 100 valence electrons. The lowest BCUT2D eigenvalue weighted by atomic mass is 9.79. The van der Waals surface area contributed by atoms with Crippen molar-refractivity contribution in [2.45, 2.75) is 6.42 Å². The SMILES string of the molecule is Cn1nccc1CCOc1ccc(F)cc1B(O)O. The molecule has 2 aromatic rings. The van der Waals surface area contributed by atoms with Gasteiger partial charge < -0.3 is 14.8 Å². The smallest absolute Gasteiger partial charge is 0.492 e. The molecule has 0 unspecified atom stereocenters. The first-order valence-electron chi connectivity index (χ1n) is 5.83. The minimum absolute atomic E-state index is 0.0185. The van der Waals surface area contributed by atoms with Gasteiger partial charge in [-0.05, 0) is 24.3 Å². The molecule has 0 spiro atoms. The Morgan fingerprint density at radius 3 is 2.79 bits per heavy atom. The van der Waals surface area contributed by atoms with Crippen molar-refractivity contribution in [3.8, 4) is 5.75 Å². The van der Waals surface area contributed by atoms with E-state index < -0.39 is 12.9 Å². The third-order valence-corrected chi connectivity index (χ3v) is 2.79. The standard InChI is InChI=1S/C12H14BFN2O3/c1-16-10(4-6-15-16)5-7-19-12-3-2-9(14)8-11(12)13(17)18/h2-4,6,8,17-18H,5,7H2,1H3. The average molecular weight is 264 g/mol. The molecule has 0 saturated heterocycles. The van der Waals surface area contributed by atoms with E-state index in [1.165, 1.54) is 12.1 Å². The molecule has 19 heavy (non-hydrogen) atoms. The zero-order valence-electron chi connectivity index (χ0n) is 10.5. The zero-order chi connectivity index (χ0) is 13.8. The fourth-order valence-electron chi connectivity index (χ4n) is 1.76. The van der Waals surface area contributed by atoms with Crippen LogP contribution in [-0.2, 0) is 13.5 Å². The van der Waals surface area contributed by atoms with Crippen LogP contribution in [0.1, 0.15) is 5.69 Å². The maximum atomic E-state index is 13.0. The van der Waals surface area contributed by atoms with Gasteiger partial charge >= 0.3 is 7.12 Å². The van der Waals surface area contributed by atoms with Crippen molar-refractivity contribution in [2.24, 2.45) is 7.05 Å². The highest BCUT2D eigenvalue weighted by Crippen LogP contribution is 2.10. The number of aromatic nitrogens is 2. The summed E-state index contributed by atoms with van der Waals surface area (Å²) in [7, 11) is 0.0678. The molecule has 0 bridgehead atoms. The van der Waals surface area contributed by atoms with Crippen LogP contribution in [0.15, 0.2) is 30.5 Å². The number of ether oxygens (including phenoxy) is 1. The summed E-state index contributed by atoms with van der Waals surface area (Å²) in [5.41, 5.74) is 1.01. The van der Waals surface area contributed by atoms with Gasteiger partial charge in [-0.15, -0.1) is 0 Å². The number of rotatable bonds is 5. The molecule has 0 atom stereocenters. The second kappa shape index (κ2) is 5.86. The molecule has 0 radical (unpaired) electrons. The Morgan fingerprint density at radius 1 is 1.37 bits per heavy atom. The largest absolute Gasteiger partial charge is 0.494 e. The van der Waals surface area contributed by atoms with Crippen molar-refractivity contribution in [1.29, 1.82) is 0 Å². The Balaban J connectivity index is 2.01. The lowest BCUT2D eigenvalue weighted by Crippen LogP contribution is -2.32. The minimum Gasteiger partial charge on any atom is -0.494 e. The Labute approximate surface area is 110 Å². The fourth-order valence-corrected chi connectivity index (χ4v) is 1.76. The number of nitrogens with zero attached hydrogens (tertiary/aromatic N) is 2. The summed E-state index contributed by atoms with van der Waals surface area (Å²) < 4.78 is 20.2. The van der Waals surface area contributed by atoms with E-state index in [0.717, 1.165) is 11.8 Å². The summed E-state index contributed by atoms with van der Waals surface area (Å²) in [6, 6.07) is 5.51. The second-order valence-electron chi connectivity index (χ2n) is 4.10. The summed E-state index contributed by atoms with van der Waals surface area (Å²) in [5, 5.41) is 22.3. The predicted octanol–water partition coefficient (Wildman–Crippen LogP) is -0.139. The van der Waals surface area contributed by atoms with Gasteiger partial charge in [0.1, 0.15) is 11.6 Å². The van der Waals surface area contributed by atoms with E-state index in [2.05, 4.69) is 5.10 Å². The first-order chi connectivity index (χ1) is 9.08. The van der Waals surface area contributed by atoms with Crippen LogP contribution in [0.5, 0.6) is 5.75 Å². The van der Waals surface area contributed by atoms with E-state index >= 15 is 0 Å². The van der Waals surface area contributed by atoms with Crippen LogP contribution in [0.25, 0.3) is 0 Å².